The van der Waals surface area contributed by atoms with E-state index in [2.05, 4.69) is 14.7 Å². The summed E-state index contributed by atoms with van der Waals surface area (Å²) in [5, 5.41) is 0. The minimum absolute atomic E-state index is 0.0141. The molecule has 0 unspecified atom stereocenters. The zero-order valence-electron chi connectivity index (χ0n) is 7.48. The highest BCUT2D eigenvalue weighted by Gasteiger charge is 2.07. The van der Waals surface area contributed by atoms with Gasteiger partial charge in [-0.2, -0.15) is 0 Å². The van der Waals surface area contributed by atoms with Gasteiger partial charge in [0.2, 0.25) is 11.7 Å². The molecule has 13 heavy (non-hydrogen) atoms. The van der Waals surface area contributed by atoms with E-state index in [4.69, 9.17) is 4.74 Å². The van der Waals surface area contributed by atoms with Crippen molar-refractivity contribution < 1.29 is 14.3 Å². The number of ketones is 1. The van der Waals surface area contributed by atoms with E-state index in [0.29, 0.717) is 11.6 Å². The number of aromatic nitrogens is 2. The number of hydrogen-bond acceptors (Lipinski definition) is 5. The predicted octanol–water partition coefficient (Wildman–Crippen LogP) is 0.314. The van der Waals surface area contributed by atoms with Gasteiger partial charge in [-0.15, -0.1) is 0 Å². The molecule has 0 aliphatic rings. The Balaban J connectivity index is 2.82. The van der Waals surface area contributed by atoms with Crippen LogP contribution < -0.4 is 4.74 Å². The second kappa shape index (κ2) is 4.51. The van der Waals surface area contributed by atoms with E-state index in [1.165, 1.54) is 26.6 Å². The predicted molar refractivity (Wildman–Crippen MR) is 44.8 cm³/mol. The Morgan fingerprint density at radius 3 is 2.85 bits per heavy atom. The van der Waals surface area contributed by atoms with Crippen LogP contribution in [0.2, 0.25) is 0 Å². The zero-order valence-corrected chi connectivity index (χ0v) is 7.48. The van der Waals surface area contributed by atoms with Crippen molar-refractivity contribution in [1.29, 1.82) is 0 Å². The van der Waals surface area contributed by atoms with Crippen LogP contribution in [0.15, 0.2) is 12.4 Å². The van der Waals surface area contributed by atoms with Crippen LogP contribution in [0.4, 0.5) is 0 Å². The molecule has 0 saturated carbocycles. The Bertz CT molecular complexity index is 301. The van der Waals surface area contributed by atoms with Gasteiger partial charge in [0.25, 0.3) is 0 Å². The maximum atomic E-state index is 11.2. The van der Waals surface area contributed by atoms with Gasteiger partial charge in [0.1, 0.15) is 18.6 Å². The Morgan fingerprint density at radius 2 is 2.23 bits per heavy atom. The molecule has 1 heterocycles. The number of carbonyl (C=O) groups is 1. The molecule has 0 radical (unpaired) electrons. The van der Waals surface area contributed by atoms with E-state index in [1.807, 2.05) is 0 Å². The van der Waals surface area contributed by atoms with Crippen molar-refractivity contribution in [2.24, 2.45) is 0 Å². The lowest BCUT2D eigenvalue weighted by molar-refractivity contribution is 0.0842. The fraction of sp³-hybridized carbons (Fsp3) is 0.375. The maximum Gasteiger partial charge on any atom is 0.216 e. The first-order chi connectivity index (χ1) is 6.27. The topological polar surface area (TPSA) is 61.3 Å². The highest BCUT2D eigenvalue weighted by molar-refractivity contribution is 5.95. The first-order valence-corrected chi connectivity index (χ1v) is 3.66. The molecular weight excluding hydrogens is 172 g/mol. The molecule has 0 fully saturated rings. The van der Waals surface area contributed by atoms with Crippen molar-refractivity contribution in [1.82, 2.24) is 9.97 Å². The van der Waals surface area contributed by atoms with Gasteiger partial charge >= 0.3 is 0 Å². The van der Waals surface area contributed by atoms with Crippen molar-refractivity contribution in [2.45, 2.75) is 0 Å². The van der Waals surface area contributed by atoms with E-state index in [0.717, 1.165) is 0 Å². The lowest BCUT2D eigenvalue weighted by atomic mass is 10.3. The van der Waals surface area contributed by atoms with Gasteiger partial charge in [-0.3, -0.25) is 4.79 Å². The fourth-order valence-electron chi connectivity index (χ4n) is 0.809. The van der Waals surface area contributed by atoms with E-state index >= 15 is 0 Å². The summed E-state index contributed by atoms with van der Waals surface area (Å²) in [7, 11) is 2.93. The Labute approximate surface area is 75.7 Å². The summed E-state index contributed by atoms with van der Waals surface area (Å²) in [6.45, 7) is 0.0141. The quantitative estimate of drug-likeness (QED) is 0.627. The molecule has 1 aromatic heterocycles. The van der Waals surface area contributed by atoms with Crippen LogP contribution in [-0.2, 0) is 4.74 Å². The summed E-state index contributed by atoms with van der Waals surface area (Å²) in [6.07, 6.45) is 1.28. The average molecular weight is 182 g/mol. The average Bonchev–Trinajstić information content (AvgIpc) is 2.18. The summed E-state index contributed by atoms with van der Waals surface area (Å²) in [4.78, 5) is 18.8. The lowest BCUT2D eigenvalue weighted by Gasteiger charge is -2.00. The van der Waals surface area contributed by atoms with E-state index in [9.17, 15) is 4.79 Å². The number of Topliss-reactive ketones (excluding diaryl/α,β-unsaturated/α-hetero) is 1. The third-order valence-electron chi connectivity index (χ3n) is 1.41. The fourth-order valence-corrected chi connectivity index (χ4v) is 0.809. The van der Waals surface area contributed by atoms with Crippen molar-refractivity contribution in [2.75, 3.05) is 20.8 Å². The van der Waals surface area contributed by atoms with Crippen molar-refractivity contribution in [3.8, 4) is 5.88 Å². The molecule has 0 aliphatic carbocycles. The van der Waals surface area contributed by atoms with Crippen LogP contribution in [0, 0.1) is 0 Å². The summed E-state index contributed by atoms with van der Waals surface area (Å²) < 4.78 is 9.52. The number of rotatable bonds is 4. The van der Waals surface area contributed by atoms with Crippen LogP contribution in [0.5, 0.6) is 5.88 Å². The second-order valence-electron chi connectivity index (χ2n) is 2.30. The summed E-state index contributed by atoms with van der Waals surface area (Å²) >= 11 is 0. The molecular formula is C8H10N2O3. The third kappa shape index (κ3) is 2.48. The van der Waals surface area contributed by atoms with Gasteiger partial charge in [0.15, 0.2) is 0 Å². The van der Waals surface area contributed by atoms with Gasteiger partial charge in [-0.05, 0) is 0 Å². The number of carbonyl (C=O) groups excluding carboxylic acids is 1. The van der Waals surface area contributed by atoms with Gasteiger partial charge < -0.3 is 9.47 Å². The largest absolute Gasteiger partial charge is 0.481 e. The number of hydrogen-bond donors (Lipinski definition) is 0. The molecule has 0 N–H and O–H groups in total. The van der Waals surface area contributed by atoms with Crippen molar-refractivity contribution in [3.05, 3.63) is 18.1 Å². The molecule has 0 atom stereocenters. The Morgan fingerprint density at radius 1 is 1.46 bits per heavy atom. The second-order valence-corrected chi connectivity index (χ2v) is 2.30. The summed E-state index contributed by atoms with van der Waals surface area (Å²) in [5.41, 5.74) is 0.300. The molecule has 0 aromatic carbocycles. The van der Waals surface area contributed by atoms with Crippen LogP contribution in [-0.4, -0.2) is 36.6 Å². The standard InChI is InChI=1S/C8H10N2O3/c1-12-4-7(11)6-3-8(13-2)10-5-9-6/h3,5H,4H2,1-2H3. The third-order valence-corrected chi connectivity index (χ3v) is 1.41. The molecule has 0 bridgehead atoms. The van der Waals surface area contributed by atoms with E-state index < -0.39 is 0 Å². The van der Waals surface area contributed by atoms with Crippen molar-refractivity contribution >= 4 is 5.78 Å². The smallest absolute Gasteiger partial charge is 0.216 e. The Kier molecular flexibility index (Phi) is 3.33. The first-order valence-electron chi connectivity index (χ1n) is 3.66. The minimum atomic E-state index is -0.191. The molecule has 70 valence electrons. The molecule has 5 nitrogen and oxygen atoms in total. The van der Waals surface area contributed by atoms with E-state index in [1.54, 1.807) is 0 Å². The monoisotopic (exact) mass is 182 g/mol. The van der Waals surface area contributed by atoms with Gasteiger partial charge in [0, 0.05) is 13.2 Å². The number of nitrogens with zero attached hydrogens (tertiary/aromatic N) is 2. The van der Waals surface area contributed by atoms with Gasteiger partial charge in [0.05, 0.1) is 7.11 Å². The molecule has 5 heteroatoms. The zero-order chi connectivity index (χ0) is 9.68. The minimum Gasteiger partial charge on any atom is -0.481 e. The maximum absolute atomic E-state index is 11.2. The van der Waals surface area contributed by atoms with Crippen LogP contribution >= 0.6 is 0 Å². The summed E-state index contributed by atoms with van der Waals surface area (Å²) in [5.74, 6) is 0.178. The molecule has 0 aliphatic heterocycles. The van der Waals surface area contributed by atoms with Gasteiger partial charge in [-0.1, -0.05) is 0 Å². The van der Waals surface area contributed by atoms with Crippen molar-refractivity contribution in [3.63, 3.8) is 0 Å². The SMILES string of the molecule is COCC(=O)c1cc(OC)ncn1. The van der Waals surface area contributed by atoms with E-state index in [-0.39, 0.29) is 12.4 Å². The highest BCUT2D eigenvalue weighted by atomic mass is 16.5. The number of ether oxygens (including phenoxy) is 2. The number of methoxy groups -OCH3 is 2. The molecule has 1 aromatic rings. The molecule has 1 rings (SSSR count). The summed E-state index contributed by atoms with van der Waals surface area (Å²) in [6, 6.07) is 1.47. The molecule has 0 amide bonds. The molecule has 0 spiro atoms. The lowest BCUT2D eigenvalue weighted by Crippen LogP contribution is -2.09. The van der Waals surface area contributed by atoms with Crippen LogP contribution in [0.25, 0.3) is 0 Å². The Hall–Kier alpha value is -1.49. The first kappa shape index (κ1) is 9.60. The van der Waals surface area contributed by atoms with Crippen LogP contribution in [0.1, 0.15) is 10.5 Å². The van der Waals surface area contributed by atoms with Crippen LogP contribution in [0.3, 0.4) is 0 Å². The highest BCUT2D eigenvalue weighted by Crippen LogP contribution is 2.05. The van der Waals surface area contributed by atoms with Gasteiger partial charge in [-0.25, -0.2) is 9.97 Å². The molecule has 0 saturated heterocycles. The normalized spacial score (nSPS) is 9.69.